The molecule has 0 saturated heterocycles. The minimum Gasteiger partial charge on any atom is -0.444 e. The molecule has 1 fully saturated rings. The van der Waals surface area contributed by atoms with E-state index in [1.54, 1.807) is 11.9 Å². The predicted molar refractivity (Wildman–Crippen MR) is 102 cm³/mol. The smallest absolute Gasteiger partial charge is 0.410 e. The third kappa shape index (κ3) is 7.99. The molecule has 5 nitrogen and oxygen atoms in total. The second-order valence-electron chi connectivity index (χ2n) is 9.12. The van der Waals surface area contributed by atoms with Gasteiger partial charge in [0.15, 0.2) is 8.32 Å². The summed E-state index contributed by atoms with van der Waals surface area (Å²) in [6.45, 7) is 12.7. The van der Waals surface area contributed by atoms with E-state index in [4.69, 9.17) is 14.9 Å². The van der Waals surface area contributed by atoms with Crippen molar-refractivity contribution in [3.63, 3.8) is 0 Å². The van der Waals surface area contributed by atoms with E-state index >= 15 is 0 Å². The summed E-state index contributed by atoms with van der Waals surface area (Å²) in [6, 6.07) is -0.183. The van der Waals surface area contributed by atoms with Gasteiger partial charge in [0.2, 0.25) is 0 Å². The molecule has 0 radical (unpaired) electrons. The van der Waals surface area contributed by atoms with Crippen molar-refractivity contribution in [2.75, 3.05) is 13.6 Å². The van der Waals surface area contributed by atoms with Gasteiger partial charge in [-0.25, -0.2) is 4.79 Å². The summed E-state index contributed by atoms with van der Waals surface area (Å²) >= 11 is 0. The van der Waals surface area contributed by atoms with Crippen LogP contribution in [0.2, 0.25) is 19.6 Å². The fourth-order valence-corrected chi connectivity index (χ4v) is 4.42. The van der Waals surface area contributed by atoms with E-state index in [9.17, 15) is 4.79 Å². The summed E-state index contributed by atoms with van der Waals surface area (Å²) in [5.41, 5.74) is 6.01. The summed E-state index contributed by atoms with van der Waals surface area (Å²) < 4.78 is 11.9. The third-order valence-electron chi connectivity index (χ3n) is 4.22. The summed E-state index contributed by atoms with van der Waals surface area (Å²) in [7, 11) is 0.0522. The fourth-order valence-electron chi connectivity index (χ4n) is 3.24. The van der Waals surface area contributed by atoms with E-state index in [-0.39, 0.29) is 18.2 Å². The molecule has 0 bridgehead atoms. The topological polar surface area (TPSA) is 64.8 Å². The number of amides is 1. The van der Waals surface area contributed by atoms with Crippen LogP contribution in [0.15, 0.2) is 0 Å². The molecule has 0 aromatic carbocycles. The normalized spacial score (nSPS) is 19.7. The van der Waals surface area contributed by atoms with Crippen LogP contribution >= 0.6 is 0 Å². The van der Waals surface area contributed by atoms with E-state index in [0.717, 1.165) is 0 Å². The fraction of sp³-hybridized carbons (Fsp3) is 0.944. The Labute approximate surface area is 149 Å². The van der Waals surface area contributed by atoms with Crippen LogP contribution in [0.1, 0.15) is 52.9 Å². The van der Waals surface area contributed by atoms with Gasteiger partial charge >= 0.3 is 6.09 Å². The van der Waals surface area contributed by atoms with Gasteiger partial charge in [0.05, 0.1) is 6.10 Å². The Morgan fingerprint density at radius 3 is 2.21 bits per heavy atom. The number of nitrogens with zero attached hydrogens (tertiary/aromatic N) is 1. The number of likely N-dealkylation sites (N-methyl/N-ethyl adjacent to an activating group) is 1. The van der Waals surface area contributed by atoms with Gasteiger partial charge in [-0.05, 0) is 59.2 Å². The number of ether oxygens (including phenoxy) is 1. The minimum absolute atomic E-state index is 0.0295. The van der Waals surface area contributed by atoms with Crippen LogP contribution in [-0.4, -0.2) is 50.6 Å². The first kappa shape index (κ1) is 21.4. The summed E-state index contributed by atoms with van der Waals surface area (Å²) in [4.78, 5) is 13.8. The first-order valence-corrected chi connectivity index (χ1v) is 12.7. The molecule has 0 aromatic heterocycles. The molecule has 0 unspecified atom stereocenters. The maximum atomic E-state index is 12.2. The van der Waals surface area contributed by atoms with Crippen molar-refractivity contribution in [1.82, 2.24) is 4.90 Å². The highest BCUT2D eigenvalue weighted by Gasteiger charge is 2.34. The van der Waals surface area contributed by atoms with Gasteiger partial charge in [-0.15, -0.1) is 0 Å². The van der Waals surface area contributed by atoms with Gasteiger partial charge in [-0.1, -0.05) is 19.3 Å². The first-order chi connectivity index (χ1) is 10.9. The SMILES string of the molecule is CN(C[C@@H](N)[C@@H](O[Si](C)(C)C)C1CCCCC1)C(=O)OC(C)(C)C. The quantitative estimate of drug-likeness (QED) is 0.729. The Balaban J connectivity index is 2.72. The lowest BCUT2D eigenvalue weighted by atomic mass is 9.83. The summed E-state index contributed by atoms with van der Waals surface area (Å²) in [5, 5.41) is 0. The highest BCUT2D eigenvalue weighted by Crippen LogP contribution is 2.31. The maximum Gasteiger partial charge on any atom is 0.410 e. The van der Waals surface area contributed by atoms with Crippen molar-refractivity contribution in [2.45, 2.75) is 90.3 Å². The van der Waals surface area contributed by atoms with Crippen LogP contribution < -0.4 is 5.73 Å². The lowest BCUT2D eigenvalue weighted by Gasteiger charge is -2.39. The second-order valence-corrected chi connectivity index (χ2v) is 13.6. The molecule has 24 heavy (non-hydrogen) atoms. The lowest BCUT2D eigenvalue weighted by Crippen LogP contribution is -2.53. The van der Waals surface area contributed by atoms with Crippen molar-refractivity contribution >= 4 is 14.4 Å². The molecule has 1 amide bonds. The Morgan fingerprint density at radius 1 is 1.21 bits per heavy atom. The number of carbonyl (C=O) groups excluding carboxylic acids is 1. The van der Waals surface area contributed by atoms with Gasteiger partial charge in [0.1, 0.15) is 5.60 Å². The molecule has 0 aliphatic heterocycles. The molecule has 142 valence electrons. The van der Waals surface area contributed by atoms with Gasteiger partial charge in [0.25, 0.3) is 0 Å². The van der Waals surface area contributed by atoms with Crippen molar-refractivity contribution in [1.29, 1.82) is 0 Å². The lowest BCUT2D eigenvalue weighted by molar-refractivity contribution is 0.0213. The van der Waals surface area contributed by atoms with Gasteiger partial charge in [0, 0.05) is 19.6 Å². The Kier molecular flexibility index (Phi) is 7.75. The molecule has 1 aliphatic rings. The van der Waals surface area contributed by atoms with Crippen molar-refractivity contribution in [3.8, 4) is 0 Å². The van der Waals surface area contributed by atoms with E-state index in [1.807, 2.05) is 20.8 Å². The highest BCUT2D eigenvalue weighted by atomic mass is 28.4. The van der Waals surface area contributed by atoms with Crippen LogP contribution in [0.25, 0.3) is 0 Å². The molecule has 0 spiro atoms. The number of hydrogen-bond acceptors (Lipinski definition) is 4. The van der Waals surface area contributed by atoms with Crippen LogP contribution in [0, 0.1) is 5.92 Å². The Bertz CT molecular complexity index is 398. The van der Waals surface area contributed by atoms with Crippen LogP contribution in [-0.2, 0) is 9.16 Å². The van der Waals surface area contributed by atoms with Crippen molar-refractivity contribution < 1.29 is 14.0 Å². The molecule has 6 heteroatoms. The largest absolute Gasteiger partial charge is 0.444 e. The molecule has 1 rings (SSSR count). The van der Waals surface area contributed by atoms with Crippen LogP contribution in [0.5, 0.6) is 0 Å². The average molecular weight is 359 g/mol. The standard InChI is InChI=1S/C18H38N2O3Si/c1-18(2,3)22-17(21)20(4)13-15(19)16(23-24(5,6)7)14-11-9-8-10-12-14/h14-16H,8-13,19H2,1-7H3/t15-,16+/m1/s1. The van der Waals surface area contributed by atoms with Crippen LogP contribution in [0.3, 0.4) is 0 Å². The Hall–Kier alpha value is -0.593. The summed E-state index contributed by atoms with van der Waals surface area (Å²) in [5.74, 6) is 0.507. The molecule has 0 heterocycles. The predicted octanol–water partition coefficient (Wildman–Crippen LogP) is 3.98. The first-order valence-electron chi connectivity index (χ1n) is 9.26. The number of rotatable bonds is 6. The third-order valence-corrected chi connectivity index (χ3v) is 5.20. The minimum atomic E-state index is -1.70. The molecule has 2 N–H and O–H groups in total. The summed E-state index contributed by atoms with van der Waals surface area (Å²) in [6.07, 6.45) is 5.88. The number of carbonyl (C=O) groups is 1. The monoisotopic (exact) mass is 358 g/mol. The zero-order chi connectivity index (χ0) is 18.5. The van der Waals surface area contributed by atoms with E-state index < -0.39 is 13.9 Å². The maximum absolute atomic E-state index is 12.2. The molecular weight excluding hydrogens is 320 g/mol. The van der Waals surface area contributed by atoms with E-state index in [0.29, 0.717) is 12.5 Å². The zero-order valence-electron chi connectivity index (χ0n) is 16.7. The van der Waals surface area contributed by atoms with Crippen molar-refractivity contribution in [2.24, 2.45) is 11.7 Å². The molecule has 0 aromatic rings. The second kappa shape index (κ2) is 8.67. The van der Waals surface area contributed by atoms with E-state index in [1.165, 1.54) is 32.1 Å². The number of nitrogens with two attached hydrogens (primary N) is 1. The Morgan fingerprint density at radius 2 is 1.75 bits per heavy atom. The molecule has 1 saturated carbocycles. The van der Waals surface area contributed by atoms with Crippen molar-refractivity contribution in [3.05, 3.63) is 0 Å². The molecule has 1 aliphatic carbocycles. The van der Waals surface area contributed by atoms with Gasteiger partial charge in [-0.3, -0.25) is 0 Å². The number of hydrogen-bond donors (Lipinski definition) is 1. The zero-order valence-corrected chi connectivity index (χ0v) is 17.7. The highest BCUT2D eigenvalue weighted by molar-refractivity contribution is 6.69. The van der Waals surface area contributed by atoms with E-state index in [2.05, 4.69) is 19.6 Å². The molecule has 2 atom stereocenters. The van der Waals surface area contributed by atoms with Gasteiger partial charge in [-0.2, -0.15) is 0 Å². The average Bonchev–Trinajstić information content (AvgIpc) is 2.42. The van der Waals surface area contributed by atoms with Crippen LogP contribution in [0.4, 0.5) is 4.79 Å². The van der Waals surface area contributed by atoms with Gasteiger partial charge < -0.3 is 19.8 Å². The molecular formula is C18H38N2O3Si.